The molecule has 3 rings (SSSR count). The number of fused-ring (bicyclic) bond motifs is 1. The highest BCUT2D eigenvalue weighted by atomic mass is 32.1. The van der Waals surface area contributed by atoms with Crippen LogP contribution in [0.15, 0.2) is 29.6 Å². The van der Waals surface area contributed by atoms with E-state index in [1.54, 1.807) is 11.3 Å². The first-order valence-corrected chi connectivity index (χ1v) is 8.60. The molecule has 2 N–H and O–H groups in total. The number of hydrogen-bond acceptors (Lipinski definition) is 4. The number of aryl methyl sites for hydroxylation is 1. The van der Waals surface area contributed by atoms with E-state index in [4.69, 9.17) is 5.73 Å². The summed E-state index contributed by atoms with van der Waals surface area (Å²) in [6.45, 7) is 2.78. The van der Waals surface area contributed by atoms with Gasteiger partial charge in [0.05, 0.1) is 17.1 Å². The van der Waals surface area contributed by atoms with E-state index in [9.17, 15) is 4.79 Å². The Morgan fingerprint density at radius 1 is 1.45 bits per heavy atom. The fourth-order valence-electron chi connectivity index (χ4n) is 2.98. The SMILES string of the molecule is CC1Cc2ccccc2N1C(=O)Cc1csc(CCCN)n1. The van der Waals surface area contributed by atoms with Crippen LogP contribution in [0.4, 0.5) is 5.69 Å². The van der Waals surface area contributed by atoms with Crippen LogP contribution in [0.25, 0.3) is 0 Å². The predicted molar refractivity (Wildman–Crippen MR) is 90.3 cm³/mol. The molecule has 1 aromatic carbocycles. The first-order valence-electron chi connectivity index (χ1n) is 7.72. The molecule has 0 saturated carbocycles. The zero-order valence-electron chi connectivity index (χ0n) is 12.8. The lowest BCUT2D eigenvalue weighted by Crippen LogP contribution is -2.36. The Hall–Kier alpha value is -1.72. The van der Waals surface area contributed by atoms with Gasteiger partial charge < -0.3 is 10.6 Å². The minimum atomic E-state index is 0.133. The third-order valence-corrected chi connectivity index (χ3v) is 4.96. The van der Waals surface area contributed by atoms with E-state index < -0.39 is 0 Å². The second-order valence-corrected chi connectivity index (χ2v) is 6.69. The Morgan fingerprint density at radius 2 is 2.27 bits per heavy atom. The molecule has 0 spiro atoms. The largest absolute Gasteiger partial charge is 0.330 e. The third-order valence-electron chi connectivity index (χ3n) is 4.00. The van der Waals surface area contributed by atoms with Gasteiger partial charge in [-0.25, -0.2) is 4.98 Å². The lowest BCUT2D eigenvalue weighted by Gasteiger charge is -2.22. The van der Waals surface area contributed by atoms with Crippen LogP contribution in [0.1, 0.15) is 29.6 Å². The number of thiazole rings is 1. The molecule has 0 aliphatic carbocycles. The molecule has 1 unspecified atom stereocenters. The maximum absolute atomic E-state index is 12.7. The second-order valence-electron chi connectivity index (χ2n) is 5.75. The average Bonchev–Trinajstić information content (AvgIpc) is 3.08. The van der Waals surface area contributed by atoms with E-state index in [0.29, 0.717) is 13.0 Å². The summed E-state index contributed by atoms with van der Waals surface area (Å²) in [4.78, 5) is 19.2. The molecular weight excluding hydrogens is 294 g/mol. The topological polar surface area (TPSA) is 59.2 Å². The zero-order chi connectivity index (χ0) is 15.5. The minimum absolute atomic E-state index is 0.133. The lowest BCUT2D eigenvalue weighted by atomic mass is 10.1. The molecule has 1 aliphatic heterocycles. The Morgan fingerprint density at radius 3 is 3.09 bits per heavy atom. The van der Waals surface area contributed by atoms with Gasteiger partial charge in [0.1, 0.15) is 0 Å². The number of carbonyl (C=O) groups is 1. The van der Waals surface area contributed by atoms with Crippen molar-refractivity contribution in [3.63, 3.8) is 0 Å². The molecule has 1 atom stereocenters. The van der Waals surface area contributed by atoms with E-state index in [0.717, 1.165) is 35.7 Å². The van der Waals surface area contributed by atoms with E-state index >= 15 is 0 Å². The van der Waals surface area contributed by atoms with Crippen molar-refractivity contribution in [2.75, 3.05) is 11.4 Å². The monoisotopic (exact) mass is 315 g/mol. The first kappa shape index (κ1) is 15.2. The Kier molecular flexibility index (Phi) is 4.55. The first-order chi connectivity index (χ1) is 10.7. The van der Waals surface area contributed by atoms with Gasteiger partial charge in [-0.05, 0) is 37.9 Å². The van der Waals surface area contributed by atoms with Crippen molar-refractivity contribution in [3.05, 3.63) is 45.9 Å². The summed E-state index contributed by atoms with van der Waals surface area (Å²) in [6.07, 6.45) is 3.15. The van der Waals surface area contributed by atoms with Crippen LogP contribution in [-0.2, 0) is 24.1 Å². The van der Waals surface area contributed by atoms with Gasteiger partial charge in [0.2, 0.25) is 5.91 Å². The van der Waals surface area contributed by atoms with E-state index in [2.05, 4.69) is 18.0 Å². The fraction of sp³-hybridized carbons (Fsp3) is 0.412. The molecule has 4 nitrogen and oxygen atoms in total. The third kappa shape index (κ3) is 3.05. The minimum Gasteiger partial charge on any atom is -0.330 e. The normalized spacial score (nSPS) is 16.8. The van der Waals surface area contributed by atoms with Crippen molar-refractivity contribution in [1.29, 1.82) is 0 Å². The highest BCUT2D eigenvalue weighted by molar-refractivity contribution is 7.09. The smallest absolute Gasteiger partial charge is 0.233 e. The standard InChI is InChI=1S/C17H21N3OS/c1-12-9-13-5-2-3-6-15(13)20(12)17(21)10-14-11-22-16(19-14)7-4-8-18/h2-3,5-6,11-12H,4,7-10,18H2,1H3. The van der Waals surface area contributed by atoms with Crippen molar-refractivity contribution in [1.82, 2.24) is 4.98 Å². The Labute approximate surface area is 135 Å². The van der Waals surface area contributed by atoms with Crippen LogP contribution >= 0.6 is 11.3 Å². The summed E-state index contributed by atoms with van der Waals surface area (Å²) >= 11 is 1.62. The summed E-state index contributed by atoms with van der Waals surface area (Å²) in [7, 11) is 0. The molecule has 1 aliphatic rings. The quantitative estimate of drug-likeness (QED) is 0.922. The molecule has 0 bridgehead atoms. The number of carbonyl (C=O) groups excluding carboxylic acids is 1. The fourth-order valence-corrected chi connectivity index (χ4v) is 3.82. The average molecular weight is 315 g/mol. The molecule has 0 radical (unpaired) electrons. The Balaban J connectivity index is 1.71. The van der Waals surface area contributed by atoms with Crippen LogP contribution in [0, 0.1) is 0 Å². The molecule has 116 valence electrons. The maximum Gasteiger partial charge on any atom is 0.233 e. The van der Waals surface area contributed by atoms with Gasteiger partial charge in [0.25, 0.3) is 0 Å². The van der Waals surface area contributed by atoms with Crippen LogP contribution in [0.3, 0.4) is 0 Å². The van der Waals surface area contributed by atoms with Gasteiger partial charge >= 0.3 is 0 Å². The number of anilines is 1. The number of nitrogens with two attached hydrogens (primary N) is 1. The zero-order valence-corrected chi connectivity index (χ0v) is 13.6. The number of aromatic nitrogens is 1. The van der Waals surface area contributed by atoms with Gasteiger partial charge in [0.15, 0.2) is 0 Å². The highest BCUT2D eigenvalue weighted by Crippen LogP contribution is 2.32. The van der Waals surface area contributed by atoms with Gasteiger partial charge in [-0.3, -0.25) is 4.79 Å². The molecule has 5 heteroatoms. The van der Waals surface area contributed by atoms with Crippen LogP contribution in [-0.4, -0.2) is 23.5 Å². The molecule has 0 fully saturated rings. The van der Waals surface area contributed by atoms with Gasteiger partial charge in [0, 0.05) is 23.5 Å². The predicted octanol–water partition coefficient (Wildman–Crippen LogP) is 2.55. The number of para-hydroxylation sites is 1. The molecule has 1 aromatic heterocycles. The van der Waals surface area contributed by atoms with E-state index in [1.165, 1.54) is 5.56 Å². The number of benzene rings is 1. The van der Waals surface area contributed by atoms with Crippen molar-refractivity contribution >= 4 is 22.9 Å². The number of rotatable bonds is 5. The van der Waals surface area contributed by atoms with Crippen molar-refractivity contribution in [3.8, 4) is 0 Å². The second kappa shape index (κ2) is 6.58. The summed E-state index contributed by atoms with van der Waals surface area (Å²) in [5.41, 5.74) is 8.71. The number of amides is 1. The van der Waals surface area contributed by atoms with Crippen LogP contribution < -0.4 is 10.6 Å². The summed E-state index contributed by atoms with van der Waals surface area (Å²) in [5.74, 6) is 0.133. The molecule has 0 saturated heterocycles. The summed E-state index contributed by atoms with van der Waals surface area (Å²) in [5, 5.41) is 3.07. The molecule has 22 heavy (non-hydrogen) atoms. The lowest BCUT2D eigenvalue weighted by molar-refractivity contribution is -0.118. The summed E-state index contributed by atoms with van der Waals surface area (Å²) in [6, 6.07) is 8.38. The molecule has 2 heterocycles. The van der Waals surface area contributed by atoms with Crippen molar-refractivity contribution in [2.24, 2.45) is 5.73 Å². The Bertz CT molecular complexity index is 667. The van der Waals surface area contributed by atoms with Gasteiger partial charge in [-0.1, -0.05) is 18.2 Å². The van der Waals surface area contributed by atoms with Crippen molar-refractivity contribution in [2.45, 2.75) is 38.6 Å². The van der Waals surface area contributed by atoms with Crippen LogP contribution in [0.2, 0.25) is 0 Å². The number of hydrogen-bond donors (Lipinski definition) is 1. The van der Waals surface area contributed by atoms with Crippen molar-refractivity contribution < 1.29 is 4.79 Å². The van der Waals surface area contributed by atoms with E-state index in [-0.39, 0.29) is 11.9 Å². The van der Waals surface area contributed by atoms with E-state index in [1.807, 2.05) is 28.5 Å². The highest BCUT2D eigenvalue weighted by Gasteiger charge is 2.30. The summed E-state index contributed by atoms with van der Waals surface area (Å²) < 4.78 is 0. The molecule has 1 amide bonds. The number of nitrogens with zero attached hydrogens (tertiary/aromatic N) is 2. The van der Waals surface area contributed by atoms with Crippen LogP contribution in [0.5, 0.6) is 0 Å². The van der Waals surface area contributed by atoms with Gasteiger partial charge in [-0.2, -0.15) is 0 Å². The molecular formula is C17H21N3OS. The van der Waals surface area contributed by atoms with Gasteiger partial charge in [-0.15, -0.1) is 11.3 Å². The maximum atomic E-state index is 12.7. The molecule has 2 aromatic rings.